The second-order valence-electron chi connectivity index (χ2n) is 3.98. The molecule has 2 rings (SSSR count). The van der Waals surface area contributed by atoms with Gasteiger partial charge in [-0.05, 0) is 31.9 Å². The molecule has 17 heavy (non-hydrogen) atoms. The Morgan fingerprint density at radius 3 is 2.76 bits per heavy atom. The molecule has 0 saturated carbocycles. The summed E-state index contributed by atoms with van der Waals surface area (Å²) in [6, 6.07) is 1.91. The zero-order valence-corrected chi connectivity index (χ0v) is 10.1. The molecule has 0 radical (unpaired) electrons. The van der Waals surface area contributed by atoms with Gasteiger partial charge in [0.1, 0.15) is 11.8 Å². The van der Waals surface area contributed by atoms with Crippen molar-refractivity contribution < 1.29 is 22.7 Å². The van der Waals surface area contributed by atoms with Crippen molar-refractivity contribution in [2.45, 2.75) is 30.9 Å². The first-order valence-electron chi connectivity index (χ1n) is 5.24. The number of hydrogen-bond acceptors (Lipinski definition) is 4. The minimum atomic E-state index is -3.83. The molecule has 2 heterocycles. The predicted molar refractivity (Wildman–Crippen MR) is 58.0 cm³/mol. The van der Waals surface area contributed by atoms with E-state index in [9.17, 15) is 13.2 Å². The van der Waals surface area contributed by atoms with Gasteiger partial charge in [0.25, 0.3) is 10.0 Å². The number of carboxylic acid groups (broad SMARTS) is 1. The summed E-state index contributed by atoms with van der Waals surface area (Å²) in [7, 11) is -3.83. The maximum absolute atomic E-state index is 12.1. The average molecular weight is 259 g/mol. The number of nitrogens with zero attached hydrogens (tertiary/aromatic N) is 1. The minimum Gasteiger partial charge on any atom is -0.480 e. The van der Waals surface area contributed by atoms with E-state index in [1.807, 2.05) is 0 Å². The van der Waals surface area contributed by atoms with E-state index in [-0.39, 0.29) is 11.6 Å². The Labute approximate surface area is 98.9 Å². The summed E-state index contributed by atoms with van der Waals surface area (Å²) in [5.74, 6) is -0.635. The predicted octanol–water partition coefficient (Wildman–Crippen LogP) is 0.826. The molecule has 0 aliphatic carbocycles. The van der Waals surface area contributed by atoms with Gasteiger partial charge in [-0.25, -0.2) is 8.42 Å². The molecule has 6 nitrogen and oxygen atoms in total. The van der Waals surface area contributed by atoms with Gasteiger partial charge in [-0.3, -0.25) is 4.79 Å². The molecule has 94 valence electrons. The summed E-state index contributed by atoms with van der Waals surface area (Å²) in [6.07, 6.45) is 0.893. The van der Waals surface area contributed by atoms with Crippen LogP contribution in [0.5, 0.6) is 0 Å². The lowest BCUT2D eigenvalue weighted by molar-refractivity contribution is -0.140. The molecule has 1 atom stereocenters. The highest BCUT2D eigenvalue weighted by Crippen LogP contribution is 2.27. The van der Waals surface area contributed by atoms with Crippen molar-refractivity contribution in [3.63, 3.8) is 0 Å². The molecule has 0 spiro atoms. The SMILES string of the molecule is Cc1ccc(S(=O)(=O)N2CCC[C@H]2C(=O)O)o1. The first-order valence-corrected chi connectivity index (χ1v) is 6.68. The Bertz CT molecular complexity index is 533. The van der Waals surface area contributed by atoms with Crippen molar-refractivity contribution in [1.29, 1.82) is 0 Å². The summed E-state index contributed by atoms with van der Waals surface area (Å²) in [4.78, 5) is 11.0. The van der Waals surface area contributed by atoms with E-state index in [0.29, 0.717) is 18.6 Å². The highest BCUT2D eigenvalue weighted by molar-refractivity contribution is 7.89. The molecule has 7 heteroatoms. The zero-order valence-electron chi connectivity index (χ0n) is 9.29. The highest BCUT2D eigenvalue weighted by atomic mass is 32.2. The first kappa shape index (κ1) is 12.1. The standard InChI is InChI=1S/C10H13NO5S/c1-7-4-5-9(16-7)17(14,15)11-6-2-3-8(11)10(12)13/h4-5,8H,2-3,6H2,1H3,(H,12,13)/t8-/m0/s1. The Morgan fingerprint density at radius 2 is 2.24 bits per heavy atom. The minimum absolute atomic E-state index is 0.192. The second-order valence-corrected chi connectivity index (χ2v) is 5.80. The number of carboxylic acids is 1. The van der Waals surface area contributed by atoms with Gasteiger partial charge >= 0.3 is 5.97 Å². The van der Waals surface area contributed by atoms with Crippen LogP contribution in [0.15, 0.2) is 21.6 Å². The Kier molecular flexibility index (Phi) is 2.96. The van der Waals surface area contributed by atoms with Crippen LogP contribution >= 0.6 is 0 Å². The van der Waals surface area contributed by atoms with Gasteiger partial charge in [0.05, 0.1) is 0 Å². The Hall–Kier alpha value is -1.34. The molecular formula is C10H13NO5S. The molecule has 1 aromatic rings. The fourth-order valence-corrected chi connectivity index (χ4v) is 3.55. The number of furan rings is 1. The van der Waals surface area contributed by atoms with Crippen LogP contribution in [-0.4, -0.2) is 36.4 Å². The van der Waals surface area contributed by atoms with Gasteiger partial charge < -0.3 is 9.52 Å². The molecule has 1 saturated heterocycles. The van der Waals surface area contributed by atoms with Gasteiger partial charge in [-0.1, -0.05) is 0 Å². The van der Waals surface area contributed by atoms with Crippen molar-refractivity contribution >= 4 is 16.0 Å². The summed E-state index contributed by atoms with van der Waals surface area (Å²) in [6.45, 7) is 1.86. The zero-order chi connectivity index (χ0) is 12.6. The summed E-state index contributed by atoms with van der Waals surface area (Å²) >= 11 is 0. The van der Waals surface area contributed by atoms with Crippen LogP contribution in [0.1, 0.15) is 18.6 Å². The van der Waals surface area contributed by atoms with E-state index in [1.165, 1.54) is 6.07 Å². The van der Waals surface area contributed by atoms with Crippen molar-refractivity contribution in [1.82, 2.24) is 4.31 Å². The summed E-state index contributed by atoms with van der Waals surface area (Å²) < 4.78 is 30.3. The number of aliphatic carboxylic acids is 1. The molecule has 0 amide bonds. The monoisotopic (exact) mass is 259 g/mol. The van der Waals surface area contributed by atoms with Crippen molar-refractivity contribution in [3.05, 3.63) is 17.9 Å². The molecule has 1 fully saturated rings. The van der Waals surface area contributed by atoms with Gasteiger partial charge in [-0.2, -0.15) is 4.31 Å². The molecular weight excluding hydrogens is 246 g/mol. The number of aryl methyl sites for hydroxylation is 1. The molecule has 1 aliphatic rings. The largest absolute Gasteiger partial charge is 0.480 e. The van der Waals surface area contributed by atoms with Crippen LogP contribution in [0.25, 0.3) is 0 Å². The topological polar surface area (TPSA) is 87.8 Å². The third-order valence-corrected chi connectivity index (χ3v) is 4.55. The van der Waals surface area contributed by atoms with Crippen LogP contribution < -0.4 is 0 Å². The van der Waals surface area contributed by atoms with Gasteiger partial charge in [0.15, 0.2) is 0 Å². The maximum atomic E-state index is 12.1. The van der Waals surface area contributed by atoms with Gasteiger partial charge in [-0.15, -0.1) is 0 Å². The normalized spacial score (nSPS) is 21.8. The first-order chi connectivity index (χ1) is 7.93. The fourth-order valence-electron chi connectivity index (χ4n) is 1.94. The molecule has 1 aromatic heterocycles. The van der Waals surface area contributed by atoms with E-state index in [0.717, 1.165) is 4.31 Å². The van der Waals surface area contributed by atoms with E-state index < -0.39 is 22.0 Å². The third-order valence-electron chi connectivity index (χ3n) is 2.77. The van der Waals surface area contributed by atoms with Crippen molar-refractivity contribution in [2.75, 3.05) is 6.54 Å². The number of rotatable bonds is 3. The van der Waals surface area contributed by atoms with Crippen LogP contribution in [0.3, 0.4) is 0 Å². The lowest BCUT2D eigenvalue weighted by Crippen LogP contribution is -2.40. The number of sulfonamides is 1. The quantitative estimate of drug-likeness (QED) is 0.868. The summed E-state index contributed by atoms with van der Waals surface area (Å²) in [5, 5.41) is 8.77. The molecule has 0 aromatic carbocycles. The van der Waals surface area contributed by atoms with Crippen molar-refractivity contribution in [2.24, 2.45) is 0 Å². The molecule has 1 N–H and O–H groups in total. The molecule has 0 bridgehead atoms. The highest BCUT2D eigenvalue weighted by Gasteiger charge is 2.40. The van der Waals surface area contributed by atoms with Crippen molar-refractivity contribution in [3.8, 4) is 0 Å². The fraction of sp³-hybridized carbons (Fsp3) is 0.500. The smallest absolute Gasteiger partial charge is 0.322 e. The van der Waals surface area contributed by atoms with Gasteiger partial charge in [0, 0.05) is 6.54 Å². The lowest BCUT2D eigenvalue weighted by atomic mass is 10.2. The Morgan fingerprint density at radius 1 is 1.53 bits per heavy atom. The Balaban J connectivity index is 2.36. The number of hydrogen-bond donors (Lipinski definition) is 1. The lowest BCUT2D eigenvalue weighted by Gasteiger charge is -2.19. The maximum Gasteiger partial charge on any atom is 0.322 e. The summed E-state index contributed by atoms with van der Waals surface area (Å²) in [5.41, 5.74) is 0. The number of carbonyl (C=O) groups is 1. The van der Waals surface area contributed by atoms with Gasteiger partial charge in [0.2, 0.25) is 5.09 Å². The van der Waals surface area contributed by atoms with Crippen LogP contribution in [0.2, 0.25) is 0 Å². The molecule has 1 aliphatic heterocycles. The van der Waals surface area contributed by atoms with Crippen LogP contribution in [-0.2, 0) is 14.8 Å². The van der Waals surface area contributed by atoms with E-state index >= 15 is 0 Å². The average Bonchev–Trinajstić information content (AvgIpc) is 2.84. The van der Waals surface area contributed by atoms with Crippen LogP contribution in [0.4, 0.5) is 0 Å². The van der Waals surface area contributed by atoms with Crippen LogP contribution in [0, 0.1) is 6.92 Å². The van der Waals surface area contributed by atoms with E-state index in [2.05, 4.69) is 0 Å². The van der Waals surface area contributed by atoms with E-state index in [1.54, 1.807) is 13.0 Å². The van der Waals surface area contributed by atoms with E-state index in [4.69, 9.17) is 9.52 Å². The molecule has 0 unspecified atom stereocenters. The second kappa shape index (κ2) is 4.15. The third kappa shape index (κ3) is 2.07.